The predicted molar refractivity (Wildman–Crippen MR) is 186 cm³/mol. The maximum Gasteiger partial charge on any atom is 0.338 e. The van der Waals surface area contributed by atoms with Crippen LogP contribution >= 0.6 is 0 Å². The zero-order chi connectivity index (χ0) is 34.5. The van der Waals surface area contributed by atoms with E-state index in [9.17, 15) is 13.8 Å². The van der Waals surface area contributed by atoms with Gasteiger partial charge in [-0.1, -0.05) is 19.3 Å². The maximum atomic E-state index is 12.6. The third kappa shape index (κ3) is 8.85. The number of carbonyl (C=O) groups is 2. The van der Waals surface area contributed by atoms with Crippen LogP contribution in [0.4, 0.5) is 0 Å². The molecule has 254 valence electrons. The van der Waals surface area contributed by atoms with E-state index in [0.717, 1.165) is 54.3 Å². The van der Waals surface area contributed by atoms with Gasteiger partial charge in [-0.05, 0) is 84.7 Å². The lowest BCUT2D eigenvalue weighted by Crippen LogP contribution is -2.23. The molecule has 3 heterocycles. The van der Waals surface area contributed by atoms with Crippen molar-refractivity contribution in [3.63, 3.8) is 0 Å². The number of pyridine rings is 1. The van der Waals surface area contributed by atoms with Crippen molar-refractivity contribution in [3.05, 3.63) is 41.6 Å². The number of fused-ring (bicyclic) bond motifs is 2. The van der Waals surface area contributed by atoms with Crippen LogP contribution < -0.4 is 4.74 Å². The minimum atomic E-state index is -1.40. The van der Waals surface area contributed by atoms with Crippen LogP contribution in [-0.4, -0.2) is 66.0 Å². The zero-order valence-electron chi connectivity index (χ0n) is 29.0. The Bertz CT molecular complexity index is 1810. The van der Waals surface area contributed by atoms with Crippen molar-refractivity contribution in [2.24, 2.45) is 11.4 Å². The number of unbranched alkanes of at least 4 members (excludes halogenated alkanes) is 4. The van der Waals surface area contributed by atoms with Crippen LogP contribution in [0.1, 0.15) is 96.1 Å². The largest absolute Gasteiger partial charge is 0.494 e. The first-order valence-electron chi connectivity index (χ1n) is 15.9. The zero-order valence-corrected chi connectivity index (χ0v) is 29.8. The standard InChI is InChI=1S/C35H47N5O6S/c1-34(2,3)46-29(41)15-13-11-10-12-14-18-40-27(20-23-16-17-25(37-31(23)40)22-36-47(43)35(4,5)6)32-38-26-19-24(33(42)45-9)21-28(44-8)30(26)39(32)7/h16-17,19-22H,10-15,18H2,1-9H3. The van der Waals surface area contributed by atoms with E-state index in [4.69, 9.17) is 24.2 Å². The molecular formula is C35H47N5O6S. The van der Waals surface area contributed by atoms with Gasteiger partial charge >= 0.3 is 11.9 Å². The van der Waals surface area contributed by atoms with Crippen LogP contribution in [0.15, 0.2) is 34.7 Å². The fourth-order valence-corrected chi connectivity index (χ4v) is 5.80. The molecule has 0 radical (unpaired) electrons. The number of hydrogen-bond acceptors (Lipinski definition) is 8. The highest BCUT2D eigenvalue weighted by molar-refractivity contribution is 7.85. The summed E-state index contributed by atoms with van der Waals surface area (Å²) in [6.45, 7) is 12.0. The van der Waals surface area contributed by atoms with Crippen molar-refractivity contribution in [3.8, 4) is 17.3 Å². The highest BCUT2D eigenvalue weighted by atomic mass is 32.2. The topological polar surface area (TPSA) is 127 Å². The van der Waals surface area contributed by atoms with E-state index in [1.807, 2.05) is 65.3 Å². The summed E-state index contributed by atoms with van der Waals surface area (Å²) in [5.41, 5.74) is 3.49. The average molecular weight is 666 g/mol. The molecule has 12 heteroatoms. The van der Waals surface area contributed by atoms with Gasteiger partial charge in [0.05, 0.1) is 47.6 Å². The summed E-state index contributed by atoms with van der Waals surface area (Å²) in [5.74, 6) is 0.584. The number of imidazole rings is 1. The molecule has 0 fully saturated rings. The van der Waals surface area contributed by atoms with Crippen molar-refractivity contribution in [1.82, 2.24) is 19.1 Å². The normalized spacial score (nSPS) is 13.0. The van der Waals surface area contributed by atoms with Gasteiger partial charge in [0.15, 0.2) is 5.82 Å². The van der Waals surface area contributed by atoms with Gasteiger partial charge in [0, 0.05) is 25.4 Å². The number of carbonyl (C=O) groups excluding carboxylic acids is 2. The Hall–Kier alpha value is -4.06. The van der Waals surface area contributed by atoms with Gasteiger partial charge in [0.2, 0.25) is 0 Å². The van der Waals surface area contributed by atoms with Crippen molar-refractivity contribution >= 4 is 51.2 Å². The molecule has 0 saturated heterocycles. The van der Waals surface area contributed by atoms with E-state index in [1.165, 1.54) is 7.11 Å². The molecule has 0 bridgehead atoms. The van der Waals surface area contributed by atoms with E-state index < -0.39 is 27.3 Å². The highest BCUT2D eigenvalue weighted by Crippen LogP contribution is 2.34. The number of rotatable bonds is 13. The fourth-order valence-electron chi connectivity index (χ4n) is 5.28. The van der Waals surface area contributed by atoms with Crippen molar-refractivity contribution in [2.45, 2.75) is 97.0 Å². The lowest BCUT2D eigenvalue weighted by Gasteiger charge is -2.19. The van der Waals surface area contributed by atoms with Crippen molar-refractivity contribution in [2.75, 3.05) is 14.2 Å². The predicted octanol–water partition coefficient (Wildman–Crippen LogP) is 6.95. The van der Waals surface area contributed by atoms with Gasteiger partial charge < -0.3 is 23.3 Å². The van der Waals surface area contributed by atoms with Gasteiger partial charge in [-0.15, -0.1) is 0 Å². The van der Waals surface area contributed by atoms with Crippen molar-refractivity contribution in [1.29, 1.82) is 0 Å². The maximum absolute atomic E-state index is 12.6. The molecule has 0 saturated carbocycles. The Morgan fingerprint density at radius 3 is 2.32 bits per heavy atom. The first-order chi connectivity index (χ1) is 22.1. The molecule has 0 N–H and O–H groups in total. The third-order valence-electron chi connectivity index (χ3n) is 7.56. The number of ether oxygens (including phenoxy) is 3. The minimum absolute atomic E-state index is 0.157. The summed E-state index contributed by atoms with van der Waals surface area (Å²) in [7, 11) is 3.42. The molecule has 1 atom stereocenters. The Morgan fingerprint density at radius 1 is 0.957 bits per heavy atom. The Labute approximate surface area is 279 Å². The van der Waals surface area contributed by atoms with Crippen LogP contribution in [-0.2, 0) is 38.8 Å². The first kappa shape index (κ1) is 35.8. The molecule has 47 heavy (non-hydrogen) atoms. The Balaban J connectivity index is 1.65. The molecule has 0 aliphatic rings. The molecule has 1 aromatic carbocycles. The highest BCUT2D eigenvalue weighted by Gasteiger charge is 2.22. The molecule has 1 unspecified atom stereocenters. The number of aryl methyl sites for hydroxylation is 2. The minimum Gasteiger partial charge on any atom is -0.494 e. The van der Waals surface area contributed by atoms with E-state index >= 15 is 0 Å². The summed E-state index contributed by atoms with van der Waals surface area (Å²) < 4.78 is 36.5. The second-order valence-corrected chi connectivity index (χ2v) is 15.5. The van der Waals surface area contributed by atoms with Gasteiger partial charge in [0.25, 0.3) is 0 Å². The van der Waals surface area contributed by atoms with Crippen LogP contribution in [0.25, 0.3) is 33.6 Å². The number of benzene rings is 1. The van der Waals surface area contributed by atoms with Crippen LogP contribution in [0, 0.1) is 0 Å². The first-order valence-corrected chi connectivity index (χ1v) is 17.0. The number of nitrogens with zero attached hydrogens (tertiary/aromatic N) is 5. The van der Waals surface area contributed by atoms with E-state index in [-0.39, 0.29) is 5.97 Å². The van der Waals surface area contributed by atoms with E-state index in [0.29, 0.717) is 41.3 Å². The molecule has 4 rings (SSSR count). The molecular weight excluding hydrogens is 618 g/mol. The van der Waals surface area contributed by atoms with Crippen molar-refractivity contribution < 1.29 is 28.0 Å². The number of esters is 2. The second-order valence-electron chi connectivity index (χ2n) is 13.6. The average Bonchev–Trinajstić information content (AvgIpc) is 3.53. The Morgan fingerprint density at radius 2 is 1.66 bits per heavy atom. The third-order valence-corrected chi connectivity index (χ3v) is 8.90. The lowest BCUT2D eigenvalue weighted by molar-refractivity contribution is -0.154. The molecule has 3 aromatic heterocycles. The summed E-state index contributed by atoms with van der Waals surface area (Å²) in [5, 5.41) is 0.931. The molecule has 4 aromatic rings. The van der Waals surface area contributed by atoms with E-state index in [2.05, 4.69) is 15.0 Å². The Kier molecular flexibility index (Phi) is 11.3. The summed E-state index contributed by atoms with van der Waals surface area (Å²) in [6, 6.07) is 9.28. The van der Waals surface area contributed by atoms with Gasteiger partial charge in [-0.3, -0.25) is 4.79 Å². The fraction of sp³-hybridized carbons (Fsp3) is 0.514. The van der Waals surface area contributed by atoms with E-state index in [1.54, 1.807) is 25.5 Å². The number of methoxy groups -OCH3 is 2. The van der Waals surface area contributed by atoms with Gasteiger partial charge in [-0.25, -0.2) is 19.0 Å². The number of hydrogen-bond donors (Lipinski definition) is 0. The lowest BCUT2D eigenvalue weighted by atomic mass is 10.1. The molecule has 0 spiro atoms. The molecule has 0 aliphatic carbocycles. The van der Waals surface area contributed by atoms with Crippen LogP contribution in [0.2, 0.25) is 0 Å². The molecule has 11 nitrogen and oxygen atoms in total. The SMILES string of the molecule is COC(=O)c1cc(OC)c2c(c1)nc(-c1cc3ccc(C=NS(=O)C(C)(C)C)nc3n1CCCCCCCC(=O)OC(C)(C)C)n2C. The summed E-state index contributed by atoms with van der Waals surface area (Å²) in [6.07, 6.45) is 6.57. The van der Waals surface area contributed by atoms with Gasteiger partial charge in [0.1, 0.15) is 33.5 Å². The van der Waals surface area contributed by atoms with Crippen LogP contribution in [0.3, 0.4) is 0 Å². The molecule has 0 aliphatic heterocycles. The monoisotopic (exact) mass is 665 g/mol. The second kappa shape index (κ2) is 14.8. The summed E-state index contributed by atoms with van der Waals surface area (Å²) >= 11 is 0. The summed E-state index contributed by atoms with van der Waals surface area (Å²) in [4.78, 5) is 34.3. The van der Waals surface area contributed by atoms with Gasteiger partial charge in [-0.2, -0.15) is 4.40 Å². The smallest absolute Gasteiger partial charge is 0.338 e. The quantitative estimate of drug-likeness (QED) is 0.0853. The molecule has 0 amide bonds. The number of aromatic nitrogens is 4. The van der Waals surface area contributed by atoms with Crippen LogP contribution in [0.5, 0.6) is 5.75 Å².